The average Bonchev–Trinajstić information content (AvgIpc) is 2.30. The summed E-state index contributed by atoms with van der Waals surface area (Å²) in [4.78, 5) is 11.3. The van der Waals surface area contributed by atoms with Crippen LogP contribution >= 0.6 is 11.6 Å². The standard InChI is InChI=1S/C12H9ClF3NO2/c1-2-19-11(18)5-9-7(6-17)3-8(4-10(9)13)12(14,15)16/h3-4H,2,5H2,1H3. The number of nitrogens with zero attached hydrogens (tertiary/aromatic N) is 1. The second-order valence-corrected chi connectivity index (χ2v) is 3.98. The summed E-state index contributed by atoms with van der Waals surface area (Å²) in [6.45, 7) is 1.73. The molecule has 0 spiro atoms. The van der Waals surface area contributed by atoms with Crippen LogP contribution in [0.5, 0.6) is 0 Å². The van der Waals surface area contributed by atoms with Crippen molar-refractivity contribution in [1.82, 2.24) is 0 Å². The van der Waals surface area contributed by atoms with Crippen LogP contribution in [0.4, 0.5) is 13.2 Å². The molecule has 0 amide bonds. The van der Waals surface area contributed by atoms with Crippen LogP contribution in [0, 0.1) is 11.3 Å². The fraction of sp³-hybridized carbons (Fsp3) is 0.333. The number of esters is 1. The quantitative estimate of drug-likeness (QED) is 0.803. The molecule has 0 aromatic heterocycles. The summed E-state index contributed by atoms with van der Waals surface area (Å²) in [5, 5.41) is 8.57. The highest BCUT2D eigenvalue weighted by molar-refractivity contribution is 6.31. The highest BCUT2D eigenvalue weighted by Crippen LogP contribution is 2.34. The second-order valence-electron chi connectivity index (χ2n) is 3.58. The van der Waals surface area contributed by atoms with Gasteiger partial charge < -0.3 is 4.74 Å². The number of halogens is 4. The summed E-state index contributed by atoms with van der Waals surface area (Å²) in [7, 11) is 0. The van der Waals surface area contributed by atoms with E-state index in [2.05, 4.69) is 4.74 Å². The fourth-order valence-electron chi connectivity index (χ4n) is 1.44. The van der Waals surface area contributed by atoms with E-state index in [-0.39, 0.29) is 29.2 Å². The molecule has 0 aliphatic carbocycles. The first-order valence-electron chi connectivity index (χ1n) is 5.25. The van der Waals surface area contributed by atoms with Crippen molar-refractivity contribution in [3.63, 3.8) is 0 Å². The third-order valence-corrected chi connectivity index (χ3v) is 2.61. The summed E-state index contributed by atoms with van der Waals surface area (Å²) in [6, 6.07) is 2.96. The molecule has 0 heterocycles. The maximum atomic E-state index is 12.5. The van der Waals surface area contributed by atoms with E-state index in [1.54, 1.807) is 13.0 Å². The number of benzene rings is 1. The number of nitriles is 1. The lowest BCUT2D eigenvalue weighted by Crippen LogP contribution is -2.11. The zero-order chi connectivity index (χ0) is 14.6. The van der Waals surface area contributed by atoms with Crippen molar-refractivity contribution in [1.29, 1.82) is 5.26 Å². The Balaban J connectivity index is 3.20. The van der Waals surface area contributed by atoms with Gasteiger partial charge in [-0.15, -0.1) is 0 Å². The van der Waals surface area contributed by atoms with Gasteiger partial charge in [-0.05, 0) is 24.6 Å². The Morgan fingerprint density at radius 1 is 1.47 bits per heavy atom. The van der Waals surface area contributed by atoms with Crippen molar-refractivity contribution in [2.24, 2.45) is 0 Å². The van der Waals surface area contributed by atoms with Crippen molar-refractivity contribution in [2.45, 2.75) is 19.5 Å². The van der Waals surface area contributed by atoms with Crippen LogP contribution < -0.4 is 0 Å². The van der Waals surface area contributed by atoms with E-state index in [0.29, 0.717) is 12.1 Å². The van der Waals surface area contributed by atoms with Crippen molar-refractivity contribution in [3.05, 3.63) is 33.8 Å². The number of carbonyl (C=O) groups excluding carboxylic acids is 1. The average molecular weight is 292 g/mol. The van der Waals surface area contributed by atoms with E-state index in [9.17, 15) is 18.0 Å². The monoisotopic (exact) mass is 291 g/mol. The van der Waals surface area contributed by atoms with Gasteiger partial charge in [0.15, 0.2) is 0 Å². The number of rotatable bonds is 3. The first kappa shape index (κ1) is 15.3. The molecule has 0 aliphatic heterocycles. The van der Waals surface area contributed by atoms with E-state index in [0.717, 1.165) is 0 Å². The molecule has 0 radical (unpaired) electrons. The molecule has 0 bridgehead atoms. The highest BCUT2D eigenvalue weighted by atomic mass is 35.5. The van der Waals surface area contributed by atoms with Gasteiger partial charge in [-0.1, -0.05) is 11.6 Å². The van der Waals surface area contributed by atoms with E-state index in [1.165, 1.54) is 0 Å². The Morgan fingerprint density at radius 2 is 2.11 bits per heavy atom. The van der Waals surface area contributed by atoms with Crippen LogP contribution in [0.2, 0.25) is 5.02 Å². The van der Waals surface area contributed by atoms with Crippen molar-refractivity contribution in [3.8, 4) is 6.07 Å². The molecule has 1 aromatic rings. The predicted octanol–water partition coefficient (Wildman–Crippen LogP) is 3.34. The van der Waals surface area contributed by atoms with E-state index >= 15 is 0 Å². The molecule has 19 heavy (non-hydrogen) atoms. The van der Waals surface area contributed by atoms with E-state index < -0.39 is 17.7 Å². The van der Waals surface area contributed by atoms with Crippen LogP contribution in [-0.2, 0) is 22.1 Å². The molecule has 3 nitrogen and oxygen atoms in total. The summed E-state index contributed by atoms with van der Waals surface area (Å²) < 4.78 is 42.3. The minimum atomic E-state index is -4.60. The molecule has 1 aromatic carbocycles. The zero-order valence-corrected chi connectivity index (χ0v) is 10.6. The molecule has 0 unspecified atom stereocenters. The second kappa shape index (κ2) is 5.93. The number of carbonyl (C=O) groups is 1. The molecule has 102 valence electrons. The van der Waals surface area contributed by atoms with Crippen LogP contribution in [0.3, 0.4) is 0 Å². The third-order valence-electron chi connectivity index (χ3n) is 2.27. The maximum absolute atomic E-state index is 12.5. The topological polar surface area (TPSA) is 50.1 Å². The van der Waals surface area contributed by atoms with Crippen molar-refractivity contribution < 1.29 is 22.7 Å². The number of hydrogen-bond donors (Lipinski definition) is 0. The Hall–Kier alpha value is -1.74. The van der Waals surface area contributed by atoms with Crippen LogP contribution in [0.1, 0.15) is 23.6 Å². The lowest BCUT2D eigenvalue weighted by Gasteiger charge is -2.11. The van der Waals surface area contributed by atoms with Gasteiger partial charge in [-0.25, -0.2) is 0 Å². The minimum Gasteiger partial charge on any atom is -0.466 e. The van der Waals surface area contributed by atoms with Crippen molar-refractivity contribution >= 4 is 17.6 Å². The minimum absolute atomic E-state index is 0.0376. The van der Waals surface area contributed by atoms with Crippen molar-refractivity contribution in [2.75, 3.05) is 6.61 Å². The Bertz CT molecular complexity index is 535. The lowest BCUT2D eigenvalue weighted by molar-refractivity contribution is -0.142. The molecule has 0 aliphatic rings. The molecular weight excluding hydrogens is 283 g/mol. The SMILES string of the molecule is CCOC(=O)Cc1c(Cl)cc(C(F)(F)F)cc1C#N. The summed E-state index contributed by atoms with van der Waals surface area (Å²) >= 11 is 5.70. The smallest absolute Gasteiger partial charge is 0.416 e. The third kappa shape index (κ3) is 3.86. The van der Waals surface area contributed by atoms with Crippen LogP contribution in [0.15, 0.2) is 12.1 Å². The van der Waals surface area contributed by atoms with E-state index in [1.807, 2.05) is 0 Å². The molecule has 0 N–H and O–H groups in total. The van der Waals surface area contributed by atoms with Gasteiger partial charge in [0.05, 0.1) is 30.2 Å². The molecule has 0 fully saturated rings. The number of ether oxygens (including phenoxy) is 1. The number of alkyl halides is 3. The van der Waals surface area contributed by atoms with E-state index in [4.69, 9.17) is 16.9 Å². The normalized spacial score (nSPS) is 10.9. The molecule has 7 heteroatoms. The largest absolute Gasteiger partial charge is 0.466 e. The van der Waals surface area contributed by atoms with Crippen LogP contribution in [-0.4, -0.2) is 12.6 Å². The van der Waals surface area contributed by atoms with Gasteiger partial charge in [0.2, 0.25) is 0 Å². The van der Waals surface area contributed by atoms with Gasteiger partial charge in [-0.3, -0.25) is 4.79 Å². The van der Waals surface area contributed by atoms with Gasteiger partial charge in [0.25, 0.3) is 0 Å². The molecule has 1 rings (SSSR count). The molecule has 0 saturated heterocycles. The van der Waals surface area contributed by atoms with Gasteiger partial charge >= 0.3 is 12.1 Å². The molecular formula is C12H9ClF3NO2. The van der Waals surface area contributed by atoms with Gasteiger partial charge in [-0.2, -0.15) is 18.4 Å². The Kier molecular flexibility index (Phi) is 4.78. The first-order chi connectivity index (χ1) is 8.79. The van der Waals surface area contributed by atoms with Crippen LogP contribution in [0.25, 0.3) is 0 Å². The summed E-state index contributed by atoms with van der Waals surface area (Å²) in [5.74, 6) is -0.652. The Labute approximate surface area is 112 Å². The molecule has 0 saturated carbocycles. The summed E-state index contributed by atoms with van der Waals surface area (Å²) in [6.07, 6.45) is -4.94. The summed E-state index contributed by atoms with van der Waals surface area (Å²) in [5.41, 5.74) is -1.27. The van der Waals surface area contributed by atoms with Gasteiger partial charge in [0.1, 0.15) is 0 Å². The maximum Gasteiger partial charge on any atom is 0.416 e. The Morgan fingerprint density at radius 3 is 2.58 bits per heavy atom. The molecule has 0 atom stereocenters. The lowest BCUT2D eigenvalue weighted by atomic mass is 10.0. The first-order valence-corrected chi connectivity index (χ1v) is 5.62. The predicted molar refractivity (Wildman–Crippen MR) is 61.5 cm³/mol. The van der Waals surface area contributed by atoms with Gasteiger partial charge in [0, 0.05) is 5.02 Å². The fourth-order valence-corrected chi connectivity index (χ4v) is 1.72. The number of hydrogen-bond acceptors (Lipinski definition) is 3. The highest BCUT2D eigenvalue weighted by Gasteiger charge is 2.32. The zero-order valence-electron chi connectivity index (χ0n) is 9.84.